The van der Waals surface area contributed by atoms with E-state index in [9.17, 15) is 0 Å². The van der Waals surface area contributed by atoms with Gasteiger partial charge in [0.25, 0.3) is 0 Å². The van der Waals surface area contributed by atoms with E-state index in [1.54, 1.807) is 0 Å². The van der Waals surface area contributed by atoms with Crippen molar-refractivity contribution in [3.63, 3.8) is 0 Å². The fraction of sp³-hybridized carbons (Fsp3) is 0.435. The Labute approximate surface area is 169 Å². The van der Waals surface area contributed by atoms with E-state index < -0.39 is 0 Å². The molecule has 0 saturated carbocycles. The summed E-state index contributed by atoms with van der Waals surface area (Å²) in [6.45, 7) is 6.31. The second kappa shape index (κ2) is 12.1. The first-order valence-corrected chi connectivity index (χ1v) is 11.1. The molecule has 0 N–H and O–H groups in total. The monoisotopic (exact) mass is 385 g/mol. The van der Waals surface area contributed by atoms with Gasteiger partial charge in [0.15, 0.2) is 0 Å². The minimum absolute atomic E-state index is 0.771. The molecule has 0 heterocycles. The lowest BCUT2D eigenvalue weighted by Gasteiger charge is -2.26. The number of rotatable bonds is 10. The third-order valence-electron chi connectivity index (χ3n) is 4.68. The first kappa shape index (κ1) is 21.0. The summed E-state index contributed by atoms with van der Waals surface area (Å²) in [5.74, 6) is 1.91. The lowest BCUT2D eigenvalue weighted by atomic mass is 10.0. The number of unbranched alkanes of at least 4 members (excludes halogenated alkanes) is 1. The van der Waals surface area contributed by atoms with Crippen molar-refractivity contribution in [2.75, 3.05) is 5.75 Å². The average molecular weight is 386 g/mol. The third-order valence-corrected chi connectivity index (χ3v) is 6.43. The number of hydrogen-bond donors (Lipinski definition) is 0. The maximum absolute atomic E-state index is 5.84. The molecule has 0 aliphatic heterocycles. The van der Waals surface area contributed by atoms with Crippen molar-refractivity contribution in [3.8, 4) is 0 Å². The van der Waals surface area contributed by atoms with E-state index in [-0.39, 0.29) is 0 Å². The topological polar surface area (TPSA) is 3.24 Å². The Hall–Kier alpha value is -1.32. The predicted molar refractivity (Wildman–Crippen MR) is 120 cm³/mol. The van der Waals surface area contributed by atoms with E-state index in [2.05, 4.69) is 79.4 Å². The van der Waals surface area contributed by atoms with Crippen molar-refractivity contribution in [1.29, 1.82) is 0 Å². The molecule has 140 valence electrons. The molecule has 2 aromatic rings. The smallest absolute Gasteiger partial charge is 0.136 e. The molecule has 0 aliphatic rings. The van der Waals surface area contributed by atoms with Crippen LogP contribution in [0.15, 0.2) is 60.7 Å². The van der Waals surface area contributed by atoms with Gasteiger partial charge >= 0.3 is 0 Å². The van der Waals surface area contributed by atoms with Crippen molar-refractivity contribution in [3.05, 3.63) is 71.8 Å². The Morgan fingerprint density at radius 2 is 1.46 bits per heavy atom. The number of nitrogens with zero attached hydrogens (tertiary/aromatic N) is 1. The highest BCUT2D eigenvalue weighted by atomic mass is 32.2. The van der Waals surface area contributed by atoms with E-state index >= 15 is 0 Å². The van der Waals surface area contributed by atoms with Crippen LogP contribution in [0.5, 0.6) is 0 Å². The van der Waals surface area contributed by atoms with Gasteiger partial charge in [0.2, 0.25) is 0 Å². The summed E-state index contributed by atoms with van der Waals surface area (Å²) in [4.78, 5) is 2.34. The Morgan fingerprint density at radius 3 is 1.92 bits per heavy atom. The lowest BCUT2D eigenvalue weighted by molar-refractivity contribution is 0.421. The van der Waals surface area contributed by atoms with Crippen LogP contribution in [-0.4, -0.2) is 15.0 Å². The van der Waals surface area contributed by atoms with Crippen molar-refractivity contribution in [2.24, 2.45) is 5.92 Å². The lowest BCUT2D eigenvalue weighted by Crippen LogP contribution is -2.27. The van der Waals surface area contributed by atoms with Gasteiger partial charge in [-0.05, 0) is 23.5 Å². The quantitative estimate of drug-likeness (QED) is 0.408. The highest BCUT2D eigenvalue weighted by molar-refractivity contribution is 8.22. The highest BCUT2D eigenvalue weighted by Gasteiger charge is 2.14. The summed E-state index contributed by atoms with van der Waals surface area (Å²) < 4.78 is 1.02. The van der Waals surface area contributed by atoms with Gasteiger partial charge in [-0.1, -0.05) is 118 Å². The van der Waals surface area contributed by atoms with Gasteiger partial charge in [-0.15, -0.1) is 0 Å². The van der Waals surface area contributed by atoms with Crippen LogP contribution in [0.3, 0.4) is 0 Å². The molecule has 3 heteroatoms. The largest absolute Gasteiger partial charge is 0.349 e. The minimum Gasteiger partial charge on any atom is -0.349 e. The van der Waals surface area contributed by atoms with E-state index in [0.717, 1.165) is 29.1 Å². The van der Waals surface area contributed by atoms with Crippen LogP contribution >= 0.6 is 24.0 Å². The van der Waals surface area contributed by atoms with Crippen LogP contribution < -0.4 is 0 Å². The molecule has 0 amide bonds. The third kappa shape index (κ3) is 7.51. The first-order valence-electron chi connectivity index (χ1n) is 9.72. The molecule has 2 rings (SSSR count). The summed E-state index contributed by atoms with van der Waals surface area (Å²) in [5, 5.41) is 0. The van der Waals surface area contributed by atoms with E-state index in [1.807, 2.05) is 11.8 Å². The van der Waals surface area contributed by atoms with Gasteiger partial charge in [0.1, 0.15) is 4.32 Å². The Bertz CT molecular complexity index is 586. The molecule has 0 bridgehead atoms. The molecule has 2 aromatic carbocycles. The van der Waals surface area contributed by atoms with E-state index in [0.29, 0.717) is 0 Å². The van der Waals surface area contributed by atoms with Crippen LogP contribution in [-0.2, 0) is 13.1 Å². The molecule has 26 heavy (non-hydrogen) atoms. The number of thioether (sulfide) groups is 1. The second-order valence-electron chi connectivity index (χ2n) is 6.82. The second-order valence-corrected chi connectivity index (χ2v) is 8.47. The van der Waals surface area contributed by atoms with Crippen molar-refractivity contribution in [1.82, 2.24) is 4.90 Å². The fourth-order valence-corrected chi connectivity index (χ4v) is 4.40. The predicted octanol–water partition coefficient (Wildman–Crippen LogP) is 6.92. The van der Waals surface area contributed by atoms with E-state index in [4.69, 9.17) is 12.2 Å². The zero-order valence-corrected chi connectivity index (χ0v) is 17.7. The van der Waals surface area contributed by atoms with Gasteiger partial charge in [-0.25, -0.2) is 0 Å². The number of hydrogen-bond acceptors (Lipinski definition) is 2. The molecule has 0 aromatic heterocycles. The number of thiocarbonyl (C=S) groups is 1. The zero-order chi connectivity index (χ0) is 18.6. The molecule has 0 saturated heterocycles. The Morgan fingerprint density at radius 1 is 0.923 bits per heavy atom. The van der Waals surface area contributed by atoms with Gasteiger partial charge in [0.05, 0.1) is 0 Å². The van der Waals surface area contributed by atoms with Crippen molar-refractivity contribution < 1.29 is 0 Å². The van der Waals surface area contributed by atoms with Gasteiger partial charge < -0.3 is 4.90 Å². The van der Waals surface area contributed by atoms with Crippen molar-refractivity contribution >= 4 is 28.3 Å². The highest BCUT2D eigenvalue weighted by Crippen LogP contribution is 2.23. The first-order chi connectivity index (χ1) is 12.7. The average Bonchev–Trinajstić information content (AvgIpc) is 2.69. The molecule has 0 aliphatic carbocycles. The normalized spacial score (nSPS) is 11.9. The molecule has 1 unspecified atom stereocenters. The molecule has 0 spiro atoms. The summed E-state index contributed by atoms with van der Waals surface area (Å²) in [5.41, 5.74) is 2.62. The maximum atomic E-state index is 5.84. The maximum Gasteiger partial charge on any atom is 0.136 e. The molecule has 0 fully saturated rings. The van der Waals surface area contributed by atoms with Gasteiger partial charge in [-0.2, -0.15) is 0 Å². The molecule has 1 nitrogen and oxygen atoms in total. The van der Waals surface area contributed by atoms with Crippen LogP contribution in [0, 0.1) is 5.92 Å². The van der Waals surface area contributed by atoms with Crippen molar-refractivity contribution in [2.45, 2.75) is 52.6 Å². The van der Waals surface area contributed by atoms with Crippen LogP contribution in [0.4, 0.5) is 0 Å². The van der Waals surface area contributed by atoms with Gasteiger partial charge in [-0.3, -0.25) is 0 Å². The summed E-state index contributed by atoms with van der Waals surface area (Å²) in [7, 11) is 0. The van der Waals surface area contributed by atoms with Crippen LogP contribution in [0.1, 0.15) is 50.7 Å². The fourth-order valence-electron chi connectivity index (χ4n) is 2.97. The van der Waals surface area contributed by atoms with Crippen LogP contribution in [0.2, 0.25) is 0 Å². The molecule has 1 atom stereocenters. The Kier molecular flexibility index (Phi) is 9.80. The van der Waals surface area contributed by atoms with E-state index in [1.165, 1.54) is 36.8 Å². The summed E-state index contributed by atoms with van der Waals surface area (Å²) >= 11 is 7.71. The Balaban J connectivity index is 2.00. The molecular formula is C23H31NS2. The zero-order valence-electron chi connectivity index (χ0n) is 16.1. The standard InChI is InChI=1S/C23H31NS2/c1-3-5-12-20(4-2)19-26-23(25)24(17-21-13-8-6-9-14-21)18-22-15-10-7-11-16-22/h6-11,13-16,20H,3-5,12,17-19H2,1-2H3. The molecule has 0 radical (unpaired) electrons. The molecular weight excluding hydrogens is 354 g/mol. The summed E-state index contributed by atoms with van der Waals surface area (Å²) in [6, 6.07) is 21.3. The number of benzene rings is 2. The SMILES string of the molecule is CCCCC(CC)CSC(=S)N(Cc1ccccc1)Cc1ccccc1. The van der Waals surface area contributed by atoms with Crippen LogP contribution in [0.25, 0.3) is 0 Å². The summed E-state index contributed by atoms with van der Waals surface area (Å²) in [6.07, 6.45) is 5.16. The minimum atomic E-state index is 0.771. The van der Waals surface area contributed by atoms with Gasteiger partial charge in [0, 0.05) is 18.8 Å².